The van der Waals surface area contributed by atoms with Gasteiger partial charge in [-0.05, 0) is 54.6 Å². The summed E-state index contributed by atoms with van der Waals surface area (Å²) in [6.07, 6.45) is 1.86. The molecule has 34 heavy (non-hydrogen) atoms. The lowest BCUT2D eigenvalue weighted by Gasteiger charge is -2.15. The number of hydrogen-bond donors (Lipinski definition) is 2. The van der Waals surface area contributed by atoms with Crippen LogP contribution in [0.5, 0.6) is 0 Å². The average Bonchev–Trinajstić information content (AvgIpc) is 3.50. The number of carbonyl (C=O) groups excluding carboxylic acids is 2. The van der Waals surface area contributed by atoms with Gasteiger partial charge in [-0.1, -0.05) is 24.3 Å². The van der Waals surface area contributed by atoms with Gasteiger partial charge in [0, 0.05) is 48.2 Å². The summed E-state index contributed by atoms with van der Waals surface area (Å²) in [5, 5.41) is 10.4. The van der Waals surface area contributed by atoms with Gasteiger partial charge in [0.1, 0.15) is 5.82 Å². The van der Waals surface area contributed by atoms with E-state index >= 15 is 0 Å². The molecule has 0 aliphatic carbocycles. The number of amides is 3. The summed E-state index contributed by atoms with van der Waals surface area (Å²) in [5.74, 6) is -0.591. The molecule has 7 nitrogen and oxygen atoms in total. The number of aromatic nitrogens is 2. The van der Waals surface area contributed by atoms with Crippen LogP contribution in [-0.2, 0) is 6.54 Å². The van der Waals surface area contributed by atoms with E-state index in [2.05, 4.69) is 10.6 Å². The third kappa shape index (κ3) is 4.38. The number of rotatable bonds is 6. The maximum Gasteiger partial charge on any atom is 0.321 e. The van der Waals surface area contributed by atoms with Gasteiger partial charge in [-0.3, -0.25) is 9.69 Å². The third-order valence-electron chi connectivity index (χ3n) is 5.64. The van der Waals surface area contributed by atoms with Crippen molar-refractivity contribution in [1.82, 2.24) is 20.4 Å². The second kappa shape index (κ2) is 9.19. The van der Waals surface area contributed by atoms with Gasteiger partial charge in [0.15, 0.2) is 0 Å². The van der Waals surface area contributed by atoms with Crippen LogP contribution in [-0.4, -0.2) is 34.8 Å². The molecule has 0 radical (unpaired) electrons. The number of nitrogens with one attached hydrogen (secondary N) is 2. The zero-order valence-electron chi connectivity index (χ0n) is 18.2. The van der Waals surface area contributed by atoms with E-state index in [1.807, 2.05) is 36.5 Å². The van der Waals surface area contributed by atoms with Gasteiger partial charge in [-0.2, -0.15) is 5.10 Å². The third-order valence-corrected chi connectivity index (χ3v) is 5.64. The van der Waals surface area contributed by atoms with Crippen molar-refractivity contribution in [3.8, 4) is 16.9 Å². The number of anilines is 1. The van der Waals surface area contributed by atoms with Crippen molar-refractivity contribution < 1.29 is 14.0 Å². The fourth-order valence-electron chi connectivity index (χ4n) is 3.91. The number of nitrogens with zero attached hydrogens (tertiary/aromatic N) is 3. The van der Waals surface area contributed by atoms with Crippen LogP contribution in [0.4, 0.5) is 14.9 Å². The van der Waals surface area contributed by atoms with E-state index in [0.29, 0.717) is 30.0 Å². The highest BCUT2D eigenvalue weighted by molar-refractivity contribution is 5.98. The summed E-state index contributed by atoms with van der Waals surface area (Å²) in [7, 11) is 0. The molecule has 1 aromatic heterocycles. The Morgan fingerprint density at radius 2 is 1.76 bits per heavy atom. The summed E-state index contributed by atoms with van der Waals surface area (Å²) < 4.78 is 15.2. The van der Waals surface area contributed by atoms with Crippen molar-refractivity contribution >= 4 is 17.6 Å². The number of hydrogen-bond acceptors (Lipinski definition) is 3. The van der Waals surface area contributed by atoms with Gasteiger partial charge < -0.3 is 10.6 Å². The molecule has 0 bridgehead atoms. The minimum Gasteiger partial charge on any atom is -0.348 e. The molecule has 8 heteroatoms. The van der Waals surface area contributed by atoms with E-state index in [1.165, 1.54) is 12.1 Å². The molecule has 5 rings (SSSR count). The lowest BCUT2D eigenvalue weighted by atomic mass is 10.1. The van der Waals surface area contributed by atoms with Gasteiger partial charge in [0.2, 0.25) is 0 Å². The fourth-order valence-corrected chi connectivity index (χ4v) is 3.91. The smallest absolute Gasteiger partial charge is 0.321 e. The molecule has 2 heterocycles. The summed E-state index contributed by atoms with van der Waals surface area (Å²) >= 11 is 0. The Morgan fingerprint density at radius 3 is 2.50 bits per heavy atom. The van der Waals surface area contributed by atoms with E-state index in [0.717, 1.165) is 16.8 Å². The van der Waals surface area contributed by atoms with Crippen LogP contribution in [0.25, 0.3) is 16.9 Å². The predicted octanol–water partition coefficient (Wildman–Crippen LogP) is 4.14. The molecule has 1 aliphatic heterocycles. The minimum absolute atomic E-state index is 0.171. The maximum absolute atomic E-state index is 13.5. The van der Waals surface area contributed by atoms with Crippen LogP contribution in [0.3, 0.4) is 0 Å². The van der Waals surface area contributed by atoms with Crippen molar-refractivity contribution in [2.45, 2.75) is 6.54 Å². The van der Waals surface area contributed by atoms with Crippen LogP contribution in [0.1, 0.15) is 15.9 Å². The van der Waals surface area contributed by atoms with E-state index in [1.54, 1.807) is 46.0 Å². The van der Waals surface area contributed by atoms with Crippen LogP contribution in [0.15, 0.2) is 85.1 Å². The van der Waals surface area contributed by atoms with Gasteiger partial charge in [-0.25, -0.2) is 13.9 Å². The zero-order valence-corrected chi connectivity index (χ0v) is 18.2. The molecule has 170 valence electrons. The quantitative estimate of drug-likeness (QED) is 0.459. The molecule has 1 fully saturated rings. The SMILES string of the molecule is O=C(NCc1cn(-c2ccccc2)nc1-c1ccc(F)cc1)c1cccc(N2CCNC2=O)c1. The molecule has 3 aromatic carbocycles. The highest BCUT2D eigenvalue weighted by atomic mass is 19.1. The first kappa shape index (κ1) is 21.4. The predicted molar refractivity (Wildman–Crippen MR) is 127 cm³/mol. The first-order chi connectivity index (χ1) is 16.6. The second-order valence-corrected chi connectivity index (χ2v) is 7.91. The number of carbonyl (C=O) groups is 2. The largest absolute Gasteiger partial charge is 0.348 e. The average molecular weight is 455 g/mol. The molecule has 2 N–H and O–H groups in total. The number of para-hydroxylation sites is 1. The normalized spacial score (nSPS) is 13.1. The lowest BCUT2D eigenvalue weighted by molar-refractivity contribution is 0.0951. The summed E-state index contributed by atoms with van der Waals surface area (Å²) in [5.41, 5.74) is 4.20. The molecule has 1 aliphatic rings. The summed E-state index contributed by atoms with van der Waals surface area (Å²) in [4.78, 5) is 26.5. The Bertz CT molecular complexity index is 1340. The number of halogens is 1. The van der Waals surface area contributed by atoms with Crippen molar-refractivity contribution in [1.29, 1.82) is 0 Å². The first-order valence-corrected chi connectivity index (χ1v) is 10.9. The van der Waals surface area contributed by atoms with Gasteiger partial charge >= 0.3 is 6.03 Å². The lowest BCUT2D eigenvalue weighted by Crippen LogP contribution is -2.28. The highest BCUT2D eigenvalue weighted by Crippen LogP contribution is 2.24. The summed E-state index contributed by atoms with van der Waals surface area (Å²) in [6, 6.07) is 22.6. The van der Waals surface area contributed by atoms with Crippen molar-refractivity contribution in [3.05, 3.63) is 102 Å². The Balaban J connectivity index is 1.39. The first-order valence-electron chi connectivity index (χ1n) is 10.9. The van der Waals surface area contributed by atoms with Crippen molar-refractivity contribution in [2.75, 3.05) is 18.0 Å². The van der Waals surface area contributed by atoms with E-state index < -0.39 is 0 Å². The fraction of sp³-hybridized carbons (Fsp3) is 0.115. The Kier molecular flexibility index (Phi) is 5.78. The van der Waals surface area contributed by atoms with Crippen molar-refractivity contribution in [3.63, 3.8) is 0 Å². The standard InChI is InChI=1S/C26H22FN5O2/c27-21-11-9-18(10-12-21)24-20(17-32(30-24)22-6-2-1-3-7-22)16-29-25(33)19-5-4-8-23(15-19)31-14-13-28-26(31)34/h1-12,15,17H,13-14,16H2,(H,28,34)(H,29,33). The van der Waals surface area contributed by atoms with Crippen LogP contribution >= 0.6 is 0 Å². The Labute approximate surface area is 195 Å². The molecule has 0 spiro atoms. The van der Waals surface area contributed by atoms with Crippen LogP contribution in [0.2, 0.25) is 0 Å². The molecular formula is C26H22FN5O2. The Morgan fingerprint density at radius 1 is 1.00 bits per heavy atom. The molecule has 0 unspecified atom stereocenters. The van der Waals surface area contributed by atoms with Gasteiger partial charge in [-0.15, -0.1) is 0 Å². The number of benzene rings is 3. The molecule has 3 amide bonds. The van der Waals surface area contributed by atoms with E-state index in [-0.39, 0.29) is 24.3 Å². The zero-order chi connectivity index (χ0) is 23.5. The van der Waals surface area contributed by atoms with E-state index in [4.69, 9.17) is 5.10 Å². The monoisotopic (exact) mass is 455 g/mol. The van der Waals surface area contributed by atoms with Crippen molar-refractivity contribution in [2.24, 2.45) is 0 Å². The second-order valence-electron chi connectivity index (χ2n) is 7.91. The number of urea groups is 1. The minimum atomic E-state index is -0.326. The van der Waals surface area contributed by atoms with E-state index in [9.17, 15) is 14.0 Å². The van der Waals surface area contributed by atoms with Crippen LogP contribution in [0, 0.1) is 5.82 Å². The van der Waals surface area contributed by atoms with Gasteiger partial charge in [0.05, 0.1) is 11.4 Å². The summed E-state index contributed by atoms with van der Waals surface area (Å²) in [6.45, 7) is 1.36. The molecule has 4 aromatic rings. The molecule has 1 saturated heterocycles. The maximum atomic E-state index is 13.5. The molecular weight excluding hydrogens is 433 g/mol. The van der Waals surface area contributed by atoms with Gasteiger partial charge in [0.25, 0.3) is 5.91 Å². The van der Waals surface area contributed by atoms with Crippen LogP contribution < -0.4 is 15.5 Å². The topological polar surface area (TPSA) is 79.3 Å². The molecule has 0 saturated carbocycles. The molecule has 0 atom stereocenters. The highest BCUT2D eigenvalue weighted by Gasteiger charge is 2.22. The Hall–Kier alpha value is -4.46.